The Morgan fingerprint density at radius 2 is 1.42 bits per heavy atom. The lowest BCUT2D eigenvalue weighted by Gasteiger charge is -2.01. The second-order valence-corrected chi connectivity index (χ2v) is 5.35. The van der Waals surface area contributed by atoms with Crippen LogP contribution in [0.15, 0.2) is 79.1 Å². The molecule has 0 amide bonds. The molecule has 0 atom stereocenters. The van der Waals surface area contributed by atoms with E-state index in [9.17, 15) is 9.59 Å². The SMILES string of the molecule is O=c1oc2cc(/C=C/c3ccccc3)oc(=O)c2c2ccccc12. The number of fused-ring (bicyclic) bond motifs is 3. The number of rotatable bonds is 2. The van der Waals surface area contributed by atoms with Gasteiger partial charge in [0, 0.05) is 11.5 Å². The highest BCUT2D eigenvalue weighted by Crippen LogP contribution is 2.21. The van der Waals surface area contributed by atoms with Gasteiger partial charge >= 0.3 is 11.3 Å². The highest BCUT2D eigenvalue weighted by atomic mass is 16.4. The smallest absolute Gasteiger partial charge is 0.348 e. The van der Waals surface area contributed by atoms with Crippen molar-refractivity contribution >= 4 is 33.9 Å². The van der Waals surface area contributed by atoms with E-state index in [4.69, 9.17) is 8.83 Å². The van der Waals surface area contributed by atoms with Gasteiger partial charge in [0.15, 0.2) is 0 Å². The Hall–Kier alpha value is -3.40. The molecule has 0 radical (unpaired) electrons. The second kappa shape index (κ2) is 5.66. The molecule has 0 aliphatic rings. The van der Waals surface area contributed by atoms with Crippen molar-refractivity contribution in [2.45, 2.75) is 0 Å². The van der Waals surface area contributed by atoms with E-state index >= 15 is 0 Å². The molecule has 4 aromatic rings. The summed E-state index contributed by atoms with van der Waals surface area (Å²) in [5.41, 5.74) is 0.199. The lowest BCUT2D eigenvalue weighted by atomic mass is 10.1. The van der Waals surface area contributed by atoms with E-state index in [0.717, 1.165) is 5.56 Å². The zero-order valence-electron chi connectivity index (χ0n) is 12.6. The fourth-order valence-electron chi connectivity index (χ4n) is 2.67. The Balaban J connectivity index is 1.92. The summed E-state index contributed by atoms with van der Waals surface area (Å²) in [4.78, 5) is 24.5. The van der Waals surface area contributed by atoms with E-state index in [1.807, 2.05) is 36.4 Å². The van der Waals surface area contributed by atoms with E-state index < -0.39 is 11.3 Å². The predicted octanol–water partition coefficient (Wildman–Crippen LogP) is 4.07. The van der Waals surface area contributed by atoms with Crippen LogP contribution in [0, 0.1) is 0 Å². The molecule has 4 heteroatoms. The van der Waals surface area contributed by atoms with Gasteiger partial charge in [0.05, 0.1) is 5.39 Å². The molecule has 0 saturated carbocycles. The lowest BCUT2D eigenvalue weighted by molar-refractivity contribution is 0.500. The number of benzene rings is 2. The summed E-state index contributed by atoms with van der Waals surface area (Å²) in [6.07, 6.45) is 3.49. The molecular formula is C20H12O4. The third kappa shape index (κ3) is 2.44. The molecule has 0 fully saturated rings. The van der Waals surface area contributed by atoms with E-state index in [-0.39, 0.29) is 11.0 Å². The van der Waals surface area contributed by atoms with Crippen molar-refractivity contribution in [3.8, 4) is 0 Å². The van der Waals surface area contributed by atoms with Crippen LogP contribution in [0.1, 0.15) is 11.3 Å². The minimum Gasteiger partial charge on any atom is -0.423 e. The van der Waals surface area contributed by atoms with E-state index in [0.29, 0.717) is 16.5 Å². The minimum atomic E-state index is -0.528. The standard InChI is InChI=1S/C20H12O4/c21-19-16-9-5-4-8-15(16)18-17(24-19)12-14(23-20(18)22)11-10-13-6-2-1-3-7-13/h1-12H/b11-10+. The summed E-state index contributed by atoms with van der Waals surface area (Å²) in [6, 6.07) is 18.0. The van der Waals surface area contributed by atoms with Gasteiger partial charge in [-0.25, -0.2) is 9.59 Å². The molecule has 2 aromatic carbocycles. The van der Waals surface area contributed by atoms with Crippen molar-refractivity contribution in [1.82, 2.24) is 0 Å². The maximum atomic E-state index is 12.4. The number of hydrogen-bond acceptors (Lipinski definition) is 4. The average Bonchev–Trinajstić information content (AvgIpc) is 2.61. The van der Waals surface area contributed by atoms with Gasteiger partial charge < -0.3 is 8.83 Å². The Kier molecular flexibility index (Phi) is 3.35. The van der Waals surface area contributed by atoms with Crippen LogP contribution in [0.3, 0.4) is 0 Å². The van der Waals surface area contributed by atoms with Crippen LogP contribution in [-0.4, -0.2) is 0 Å². The zero-order valence-corrected chi connectivity index (χ0v) is 12.6. The normalized spacial score (nSPS) is 11.5. The van der Waals surface area contributed by atoms with Crippen LogP contribution in [0.2, 0.25) is 0 Å². The average molecular weight is 316 g/mol. The van der Waals surface area contributed by atoms with Gasteiger partial charge in [-0.05, 0) is 17.7 Å². The molecule has 0 saturated heterocycles. The van der Waals surface area contributed by atoms with Crippen molar-refractivity contribution in [3.05, 3.63) is 92.8 Å². The molecule has 2 aromatic heterocycles. The van der Waals surface area contributed by atoms with Crippen molar-refractivity contribution in [3.63, 3.8) is 0 Å². The van der Waals surface area contributed by atoms with Crippen molar-refractivity contribution in [2.75, 3.05) is 0 Å². The van der Waals surface area contributed by atoms with Gasteiger partial charge in [0.1, 0.15) is 16.7 Å². The molecule has 4 nitrogen and oxygen atoms in total. The minimum absolute atomic E-state index is 0.225. The topological polar surface area (TPSA) is 60.4 Å². The largest absolute Gasteiger partial charge is 0.423 e. The number of hydrogen-bond donors (Lipinski definition) is 0. The summed E-state index contributed by atoms with van der Waals surface area (Å²) in [5.74, 6) is 0.329. The summed E-state index contributed by atoms with van der Waals surface area (Å²) < 4.78 is 10.7. The molecule has 0 aliphatic heterocycles. The molecule has 116 valence electrons. The molecule has 0 N–H and O–H groups in total. The van der Waals surface area contributed by atoms with Crippen molar-refractivity contribution in [1.29, 1.82) is 0 Å². The quantitative estimate of drug-likeness (QED) is 0.523. The molecule has 0 bridgehead atoms. The van der Waals surface area contributed by atoms with Gasteiger partial charge in [-0.2, -0.15) is 0 Å². The third-order valence-corrected chi connectivity index (χ3v) is 3.79. The Morgan fingerprint density at radius 1 is 0.708 bits per heavy atom. The second-order valence-electron chi connectivity index (χ2n) is 5.35. The zero-order chi connectivity index (χ0) is 16.5. The Bertz CT molecular complexity index is 1180. The first-order chi connectivity index (χ1) is 11.7. The van der Waals surface area contributed by atoms with Gasteiger partial charge in [0.25, 0.3) is 0 Å². The molecule has 0 unspecified atom stereocenters. The van der Waals surface area contributed by atoms with E-state index in [1.54, 1.807) is 36.4 Å². The first kappa shape index (κ1) is 14.2. The van der Waals surface area contributed by atoms with Crippen molar-refractivity contribution in [2.24, 2.45) is 0 Å². The first-order valence-corrected chi connectivity index (χ1v) is 7.45. The highest BCUT2D eigenvalue weighted by molar-refractivity contribution is 6.03. The van der Waals surface area contributed by atoms with Crippen molar-refractivity contribution < 1.29 is 8.83 Å². The lowest BCUT2D eigenvalue weighted by Crippen LogP contribution is -2.07. The van der Waals surface area contributed by atoms with E-state index in [2.05, 4.69) is 0 Å². The van der Waals surface area contributed by atoms with Crippen LogP contribution < -0.4 is 11.3 Å². The van der Waals surface area contributed by atoms with Crippen LogP contribution in [0.5, 0.6) is 0 Å². The van der Waals surface area contributed by atoms with Crippen LogP contribution >= 0.6 is 0 Å². The van der Waals surface area contributed by atoms with Crippen LogP contribution in [0.4, 0.5) is 0 Å². The summed E-state index contributed by atoms with van der Waals surface area (Å²) >= 11 is 0. The molecule has 0 spiro atoms. The van der Waals surface area contributed by atoms with Gasteiger partial charge in [-0.3, -0.25) is 0 Å². The fraction of sp³-hybridized carbons (Fsp3) is 0. The van der Waals surface area contributed by atoms with Gasteiger partial charge in [-0.15, -0.1) is 0 Å². The summed E-state index contributed by atoms with van der Waals surface area (Å²) in [5, 5.41) is 1.18. The Morgan fingerprint density at radius 3 is 2.21 bits per heavy atom. The summed E-state index contributed by atoms with van der Waals surface area (Å²) in [6.45, 7) is 0. The van der Waals surface area contributed by atoms with Gasteiger partial charge in [0.2, 0.25) is 0 Å². The Labute approximate surface area is 136 Å². The van der Waals surface area contributed by atoms with Crippen LogP contribution in [0.25, 0.3) is 33.9 Å². The van der Waals surface area contributed by atoms with E-state index in [1.165, 1.54) is 0 Å². The predicted molar refractivity (Wildman–Crippen MR) is 93.9 cm³/mol. The maximum Gasteiger partial charge on any atom is 0.348 e. The molecule has 0 aliphatic carbocycles. The van der Waals surface area contributed by atoms with Crippen LogP contribution in [-0.2, 0) is 0 Å². The monoisotopic (exact) mass is 316 g/mol. The first-order valence-electron chi connectivity index (χ1n) is 7.45. The van der Waals surface area contributed by atoms with Gasteiger partial charge in [-0.1, -0.05) is 54.6 Å². The molecule has 24 heavy (non-hydrogen) atoms. The maximum absolute atomic E-state index is 12.4. The third-order valence-electron chi connectivity index (χ3n) is 3.79. The molecule has 2 heterocycles. The molecular weight excluding hydrogens is 304 g/mol. The highest BCUT2D eigenvalue weighted by Gasteiger charge is 2.12. The summed E-state index contributed by atoms with van der Waals surface area (Å²) in [7, 11) is 0. The molecule has 4 rings (SSSR count). The fourth-order valence-corrected chi connectivity index (χ4v) is 2.67.